The van der Waals surface area contributed by atoms with Crippen molar-refractivity contribution in [2.45, 2.75) is 39.0 Å². The van der Waals surface area contributed by atoms with Crippen molar-refractivity contribution in [3.8, 4) is 5.75 Å². The van der Waals surface area contributed by atoms with E-state index in [1.807, 2.05) is 31.2 Å². The summed E-state index contributed by atoms with van der Waals surface area (Å²) in [7, 11) is 0. The third-order valence-electron chi connectivity index (χ3n) is 5.10. The number of fused-ring (bicyclic) bond motifs is 1. The molecule has 1 aliphatic heterocycles. The molecule has 1 aliphatic rings. The zero-order valence-electron chi connectivity index (χ0n) is 16.7. The van der Waals surface area contributed by atoms with Gasteiger partial charge in [0.15, 0.2) is 0 Å². The van der Waals surface area contributed by atoms with Gasteiger partial charge in [-0.15, -0.1) is 0 Å². The summed E-state index contributed by atoms with van der Waals surface area (Å²) in [4.78, 5) is 21.9. The lowest BCUT2D eigenvalue weighted by atomic mass is 9.98. The molecule has 7 nitrogen and oxygen atoms in total. The van der Waals surface area contributed by atoms with Gasteiger partial charge in [-0.25, -0.2) is 0 Å². The first-order valence-electron chi connectivity index (χ1n) is 10.0. The summed E-state index contributed by atoms with van der Waals surface area (Å²) in [5.41, 5.74) is 4.31. The lowest BCUT2D eigenvalue weighted by Gasteiger charge is -2.22. The molecule has 0 aliphatic carbocycles. The summed E-state index contributed by atoms with van der Waals surface area (Å²) in [5, 5.41) is 17.0. The minimum atomic E-state index is -0.377. The molecule has 2 aromatic carbocycles. The van der Waals surface area contributed by atoms with E-state index in [0.29, 0.717) is 19.4 Å². The maximum absolute atomic E-state index is 11.6. The molecule has 0 atom stereocenters. The van der Waals surface area contributed by atoms with Crippen LogP contribution in [0.15, 0.2) is 36.4 Å². The Morgan fingerprint density at radius 2 is 1.90 bits per heavy atom. The van der Waals surface area contributed by atoms with Gasteiger partial charge in [-0.05, 0) is 56.3 Å². The number of aryl methyl sites for hydroxylation is 2. The smallest absolute Gasteiger partial charge is 0.269 e. The van der Waals surface area contributed by atoms with Crippen LogP contribution in [0.25, 0.3) is 0 Å². The highest BCUT2D eigenvalue weighted by molar-refractivity contribution is 5.95. The van der Waals surface area contributed by atoms with Crippen LogP contribution in [0, 0.1) is 17.0 Å². The lowest BCUT2D eigenvalue weighted by Crippen LogP contribution is -2.24. The van der Waals surface area contributed by atoms with Gasteiger partial charge in [0.05, 0.1) is 10.6 Å². The van der Waals surface area contributed by atoms with E-state index in [4.69, 9.17) is 4.74 Å². The number of rotatable bonds is 10. The number of unbranched alkanes of at least 4 members (excludes halogenated alkanes) is 1. The van der Waals surface area contributed by atoms with Crippen molar-refractivity contribution < 1.29 is 14.5 Å². The molecule has 0 fully saturated rings. The molecule has 2 N–H and O–H groups in total. The summed E-state index contributed by atoms with van der Waals surface area (Å²) in [6.07, 6.45) is 4.19. The Labute approximate surface area is 170 Å². The van der Waals surface area contributed by atoms with E-state index in [9.17, 15) is 14.9 Å². The Kier molecular flexibility index (Phi) is 7.19. The zero-order chi connectivity index (χ0) is 20.6. The SMILES string of the molecule is Cc1ccc(OCCNCCCCc2ccc([N+](=O)[O-])cc2)c2c1NC(=O)CC2. The minimum absolute atomic E-state index is 0.0631. The minimum Gasteiger partial charge on any atom is -0.492 e. The zero-order valence-corrected chi connectivity index (χ0v) is 16.7. The number of hydrogen-bond acceptors (Lipinski definition) is 5. The quantitative estimate of drug-likeness (QED) is 0.361. The first-order valence-corrected chi connectivity index (χ1v) is 10.0. The van der Waals surface area contributed by atoms with Crippen LogP contribution in [0.5, 0.6) is 5.75 Å². The maximum Gasteiger partial charge on any atom is 0.269 e. The molecule has 0 radical (unpaired) electrons. The van der Waals surface area contributed by atoms with Crippen molar-refractivity contribution in [3.63, 3.8) is 0 Å². The van der Waals surface area contributed by atoms with Gasteiger partial charge in [0.1, 0.15) is 12.4 Å². The van der Waals surface area contributed by atoms with Gasteiger partial charge in [-0.1, -0.05) is 18.2 Å². The second-order valence-corrected chi connectivity index (χ2v) is 7.26. The van der Waals surface area contributed by atoms with Crippen molar-refractivity contribution in [1.29, 1.82) is 0 Å². The number of amides is 1. The summed E-state index contributed by atoms with van der Waals surface area (Å²) in [6, 6.07) is 10.7. The fraction of sp³-hybridized carbons (Fsp3) is 0.409. The highest BCUT2D eigenvalue weighted by Gasteiger charge is 2.20. The molecule has 2 aromatic rings. The number of nitro groups is 1. The van der Waals surface area contributed by atoms with Crippen molar-refractivity contribution in [3.05, 3.63) is 63.2 Å². The third-order valence-corrected chi connectivity index (χ3v) is 5.10. The van der Waals surface area contributed by atoms with E-state index in [1.54, 1.807) is 12.1 Å². The Morgan fingerprint density at radius 3 is 2.66 bits per heavy atom. The van der Waals surface area contributed by atoms with Crippen molar-refractivity contribution in [2.75, 3.05) is 25.0 Å². The predicted molar refractivity (Wildman–Crippen MR) is 113 cm³/mol. The van der Waals surface area contributed by atoms with Gasteiger partial charge >= 0.3 is 0 Å². The molecule has 3 rings (SSSR count). The normalized spacial score (nSPS) is 12.9. The molecule has 1 amide bonds. The van der Waals surface area contributed by atoms with Gasteiger partial charge in [0.25, 0.3) is 5.69 Å². The predicted octanol–water partition coefficient (Wildman–Crippen LogP) is 3.78. The summed E-state index contributed by atoms with van der Waals surface area (Å²) < 4.78 is 5.93. The number of nitro benzene ring substituents is 1. The molecule has 0 bridgehead atoms. The number of carbonyl (C=O) groups is 1. The average Bonchev–Trinajstić information content (AvgIpc) is 2.72. The van der Waals surface area contributed by atoms with Gasteiger partial charge in [0.2, 0.25) is 5.91 Å². The number of nitrogens with zero attached hydrogens (tertiary/aromatic N) is 1. The molecule has 0 aromatic heterocycles. The number of nitrogens with one attached hydrogen (secondary N) is 2. The molecule has 0 spiro atoms. The van der Waals surface area contributed by atoms with Gasteiger partial charge in [-0.2, -0.15) is 0 Å². The molecule has 0 saturated heterocycles. The van der Waals surface area contributed by atoms with Gasteiger partial charge < -0.3 is 15.4 Å². The molecule has 29 heavy (non-hydrogen) atoms. The molecule has 1 heterocycles. The van der Waals surface area contributed by atoms with Crippen LogP contribution in [0.3, 0.4) is 0 Å². The van der Waals surface area contributed by atoms with E-state index >= 15 is 0 Å². The number of anilines is 1. The number of hydrogen-bond donors (Lipinski definition) is 2. The Morgan fingerprint density at radius 1 is 1.10 bits per heavy atom. The Hall–Kier alpha value is -2.93. The molecule has 0 unspecified atom stereocenters. The number of non-ortho nitro benzene ring substituents is 1. The van der Waals surface area contributed by atoms with Crippen LogP contribution in [0.4, 0.5) is 11.4 Å². The standard InChI is InChI=1S/C22H27N3O4/c1-16-5-11-20(19-10-12-21(26)24-22(16)19)29-15-14-23-13-3-2-4-17-6-8-18(9-7-17)25(27)28/h5-9,11,23H,2-4,10,12-15H2,1H3,(H,24,26). The highest BCUT2D eigenvalue weighted by atomic mass is 16.6. The van der Waals surface area contributed by atoms with Crippen LogP contribution in [-0.2, 0) is 17.6 Å². The van der Waals surface area contributed by atoms with E-state index in [1.165, 1.54) is 0 Å². The van der Waals surface area contributed by atoms with E-state index in [2.05, 4.69) is 10.6 Å². The largest absolute Gasteiger partial charge is 0.492 e. The molecule has 154 valence electrons. The molecular formula is C22H27N3O4. The second kappa shape index (κ2) is 10.0. The van der Waals surface area contributed by atoms with Crippen LogP contribution in [0.2, 0.25) is 0 Å². The average molecular weight is 397 g/mol. The summed E-state index contributed by atoms with van der Waals surface area (Å²) >= 11 is 0. The topological polar surface area (TPSA) is 93.5 Å². The van der Waals surface area contributed by atoms with Crippen LogP contribution >= 0.6 is 0 Å². The van der Waals surface area contributed by atoms with Crippen molar-refractivity contribution in [1.82, 2.24) is 5.32 Å². The van der Waals surface area contributed by atoms with E-state index in [0.717, 1.165) is 60.5 Å². The maximum atomic E-state index is 11.6. The number of benzene rings is 2. The lowest BCUT2D eigenvalue weighted by molar-refractivity contribution is -0.384. The first kappa shape index (κ1) is 20.8. The molecular weight excluding hydrogens is 370 g/mol. The Bertz CT molecular complexity index is 865. The van der Waals surface area contributed by atoms with Crippen LogP contribution in [-0.4, -0.2) is 30.5 Å². The first-order chi connectivity index (χ1) is 14.0. The van der Waals surface area contributed by atoms with Crippen molar-refractivity contribution >= 4 is 17.3 Å². The fourth-order valence-electron chi connectivity index (χ4n) is 3.47. The van der Waals surface area contributed by atoms with Crippen LogP contribution < -0.4 is 15.4 Å². The summed E-state index contributed by atoms with van der Waals surface area (Å²) in [5.74, 6) is 0.915. The second-order valence-electron chi connectivity index (χ2n) is 7.26. The monoisotopic (exact) mass is 397 g/mol. The van der Waals surface area contributed by atoms with E-state index in [-0.39, 0.29) is 16.5 Å². The Balaban J connectivity index is 1.32. The van der Waals surface area contributed by atoms with Crippen LogP contribution in [0.1, 0.15) is 36.0 Å². The third kappa shape index (κ3) is 5.77. The molecule has 0 saturated carbocycles. The van der Waals surface area contributed by atoms with Crippen molar-refractivity contribution in [2.24, 2.45) is 0 Å². The van der Waals surface area contributed by atoms with Gasteiger partial charge in [0, 0.05) is 30.7 Å². The summed E-state index contributed by atoms with van der Waals surface area (Å²) in [6.45, 7) is 4.23. The molecule has 7 heteroatoms. The fourth-order valence-corrected chi connectivity index (χ4v) is 3.47. The highest BCUT2D eigenvalue weighted by Crippen LogP contribution is 2.33. The number of ether oxygens (including phenoxy) is 1. The number of carbonyl (C=O) groups excluding carboxylic acids is 1. The van der Waals surface area contributed by atoms with E-state index < -0.39 is 0 Å². The van der Waals surface area contributed by atoms with Gasteiger partial charge in [-0.3, -0.25) is 14.9 Å².